The highest BCUT2D eigenvalue weighted by Crippen LogP contribution is 2.29. The maximum Gasteiger partial charge on any atom is 0.264 e. The van der Waals surface area contributed by atoms with Crippen LogP contribution in [0, 0.1) is 3.57 Å². The van der Waals surface area contributed by atoms with Gasteiger partial charge in [0, 0.05) is 13.0 Å². The van der Waals surface area contributed by atoms with Crippen LogP contribution in [0.5, 0.6) is 0 Å². The van der Waals surface area contributed by atoms with Gasteiger partial charge < -0.3 is 9.72 Å². The van der Waals surface area contributed by atoms with Crippen molar-refractivity contribution in [3.05, 3.63) is 25.4 Å². The third kappa shape index (κ3) is 3.32. The van der Waals surface area contributed by atoms with Gasteiger partial charge >= 0.3 is 0 Å². The average Bonchev–Trinajstić information content (AvgIpc) is 2.63. The van der Waals surface area contributed by atoms with Crippen molar-refractivity contribution in [3.63, 3.8) is 0 Å². The van der Waals surface area contributed by atoms with E-state index in [0.29, 0.717) is 16.1 Å². The number of methoxy groups -OCH3 is 1. The minimum absolute atomic E-state index is 0.0307. The van der Waals surface area contributed by atoms with Crippen molar-refractivity contribution < 1.29 is 4.74 Å². The van der Waals surface area contributed by atoms with Crippen LogP contribution >= 0.6 is 22.6 Å². The van der Waals surface area contributed by atoms with Gasteiger partial charge in [0.1, 0.15) is 9.39 Å². The van der Waals surface area contributed by atoms with Gasteiger partial charge in [0.2, 0.25) is 0 Å². The molecule has 5 heteroatoms. The summed E-state index contributed by atoms with van der Waals surface area (Å²) in [6.45, 7) is 0.405. The molecule has 4 nitrogen and oxygen atoms in total. The summed E-state index contributed by atoms with van der Waals surface area (Å²) in [6, 6.07) is 0. The normalized spacial score (nSPS) is 17.7. The second kappa shape index (κ2) is 6.65. The Bertz CT molecular complexity index is 451. The van der Waals surface area contributed by atoms with Crippen molar-refractivity contribution in [2.75, 3.05) is 7.11 Å². The number of nitrogens with one attached hydrogen (secondary N) is 1. The fourth-order valence-corrected chi connectivity index (χ4v) is 2.91. The molecule has 2 rings (SSSR count). The molecule has 100 valence electrons. The largest absolute Gasteiger partial charge is 0.378 e. The minimum atomic E-state index is -0.0307. The molecule has 0 amide bonds. The van der Waals surface area contributed by atoms with Gasteiger partial charge in [-0.05, 0) is 35.4 Å². The van der Waals surface area contributed by atoms with E-state index >= 15 is 0 Å². The quantitative estimate of drug-likeness (QED) is 0.665. The Morgan fingerprint density at radius 1 is 1.33 bits per heavy atom. The van der Waals surface area contributed by atoms with Crippen LogP contribution in [0.4, 0.5) is 0 Å². The van der Waals surface area contributed by atoms with Crippen LogP contribution in [0.1, 0.15) is 56.0 Å². The van der Waals surface area contributed by atoms with Crippen molar-refractivity contribution in [3.8, 4) is 0 Å². The highest BCUT2D eigenvalue weighted by molar-refractivity contribution is 14.1. The molecular formula is C13H19IN2O2. The Hall–Kier alpha value is -0.430. The zero-order chi connectivity index (χ0) is 13.0. The summed E-state index contributed by atoms with van der Waals surface area (Å²) in [7, 11) is 1.63. The van der Waals surface area contributed by atoms with E-state index in [1.807, 2.05) is 22.6 Å². The van der Waals surface area contributed by atoms with Crippen LogP contribution in [0.2, 0.25) is 0 Å². The lowest BCUT2D eigenvalue weighted by Crippen LogP contribution is -2.20. The molecule has 1 fully saturated rings. The first kappa shape index (κ1) is 14.0. The Labute approximate surface area is 121 Å². The maximum atomic E-state index is 11.9. The highest BCUT2D eigenvalue weighted by Gasteiger charge is 2.18. The van der Waals surface area contributed by atoms with Gasteiger partial charge in [-0.2, -0.15) is 0 Å². The Kier molecular flexibility index (Phi) is 5.17. The predicted molar refractivity (Wildman–Crippen MR) is 78.7 cm³/mol. The zero-order valence-electron chi connectivity index (χ0n) is 10.7. The van der Waals surface area contributed by atoms with Crippen LogP contribution in [0.15, 0.2) is 4.79 Å². The molecule has 0 spiro atoms. The number of hydrogen-bond acceptors (Lipinski definition) is 3. The number of aromatic nitrogens is 2. The van der Waals surface area contributed by atoms with Crippen LogP contribution in [-0.4, -0.2) is 17.1 Å². The van der Waals surface area contributed by atoms with Crippen molar-refractivity contribution in [2.24, 2.45) is 0 Å². The molecular weight excluding hydrogens is 343 g/mol. The molecule has 1 aromatic heterocycles. The van der Waals surface area contributed by atoms with E-state index in [4.69, 9.17) is 4.74 Å². The lowest BCUT2D eigenvalue weighted by atomic mass is 9.99. The van der Waals surface area contributed by atoms with Gasteiger partial charge in [-0.1, -0.05) is 25.7 Å². The van der Waals surface area contributed by atoms with Crippen LogP contribution in [-0.2, 0) is 11.3 Å². The molecule has 0 radical (unpaired) electrons. The van der Waals surface area contributed by atoms with E-state index < -0.39 is 0 Å². The van der Waals surface area contributed by atoms with Gasteiger partial charge in [-0.15, -0.1) is 0 Å². The Morgan fingerprint density at radius 2 is 2.00 bits per heavy atom. The molecule has 0 atom stereocenters. The SMILES string of the molecule is COCc1nc(C2CCCCCC2)[nH]c(=O)c1I. The fourth-order valence-electron chi connectivity index (χ4n) is 2.50. The van der Waals surface area contributed by atoms with Crippen molar-refractivity contribution in [1.29, 1.82) is 0 Å². The number of aromatic amines is 1. The van der Waals surface area contributed by atoms with E-state index in [1.54, 1.807) is 7.11 Å². The fraction of sp³-hybridized carbons (Fsp3) is 0.692. The summed E-state index contributed by atoms with van der Waals surface area (Å²) in [5.74, 6) is 1.27. The number of halogens is 1. The molecule has 0 saturated heterocycles. The van der Waals surface area contributed by atoms with Crippen LogP contribution in [0.25, 0.3) is 0 Å². The van der Waals surface area contributed by atoms with E-state index in [-0.39, 0.29) is 5.56 Å². The number of hydrogen-bond donors (Lipinski definition) is 1. The molecule has 0 aliphatic heterocycles. The minimum Gasteiger partial charge on any atom is -0.378 e. The van der Waals surface area contributed by atoms with Gasteiger partial charge in [0.15, 0.2) is 0 Å². The Balaban J connectivity index is 2.29. The van der Waals surface area contributed by atoms with Gasteiger partial charge in [-0.3, -0.25) is 4.79 Å². The van der Waals surface area contributed by atoms with Crippen molar-refractivity contribution in [2.45, 2.75) is 51.0 Å². The summed E-state index contributed by atoms with van der Waals surface area (Å²) >= 11 is 2.04. The Morgan fingerprint density at radius 3 is 2.61 bits per heavy atom. The van der Waals surface area contributed by atoms with Crippen LogP contribution in [0.3, 0.4) is 0 Å². The smallest absolute Gasteiger partial charge is 0.264 e. The van der Waals surface area contributed by atoms with Gasteiger partial charge in [0.05, 0.1) is 12.3 Å². The van der Waals surface area contributed by atoms with Gasteiger partial charge in [-0.25, -0.2) is 4.98 Å². The zero-order valence-corrected chi connectivity index (χ0v) is 12.8. The standard InChI is InChI=1S/C13H19IN2O2/c1-18-8-10-11(14)13(17)16-12(15-10)9-6-4-2-3-5-7-9/h9H,2-8H2,1H3,(H,15,16,17). The predicted octanol–water partition coefficient (Wildman–Crippen LogP) is 2.96. The van der Waals surface area contributed by atoms with Crippen molar-refractivity contribution in [1.82, 2.24) is 9.97 Å². The van der Waals surface area contributed by atoms with E-state index in [0.717, 1.165) is 24.4 Å². The second-order valence-corrected chi connectivity index (χ2v) is 5.91. The number of ether oxygens (including phenoxy) is 1. The molecule has 0 bridgehead atoms. The molecule has 1 aromatic rings. The lowest BCUT2D eigenvalue weighted by molar-refractivity contribution is 0.180. The first-order valence-electron chi connectivity index (χ1n) is 6.50. The monoisotopic (exact) mass is 362 g/mol. The number of H-pyrrole nitrogens is 1. The average molecular weight is 362 g/mol. The van der Waals surface area contributed by atoms with Gasteiger partial charge in [0.25, 0.3) is 5.56 Å². The van der Waals surface area contributed by atoms with Crippen molar-refractivity contribution >= 4 is 22.6 Å². The molecule has 1 heterocycles. The molecule has 1 N–H and O–H groups in total. The molecule has 0 unspecified atom stereocenters. The molecule has 18 heavy (non-hydrogen) atoms. The highest BCUT2D eigenvalue weighted by atomic mass is 127. The summed E-state index contributed by atoms with van der Waals surface area (Å²) < 4.78 is 5.76. The maximum absolute atomic E-state index is 11.9. The molecule has 0 aromatic carbocycles. The summed E-state index contributed by atoms with van der Waals surface area (Å²) in [4.78, 5) is 19.4. The molecule has 1 aliphatic carbocycles. The number of nitrogens with zero attached hydrogens (tertiary/aromatic N) is 1. The van der Waals surface area contributed by atoms with E-state index in [2.05, 4.69) is 9.97 Å². The second-order valence-electron chi connectivity index (χ2n) is 4.83. The van der Waals surface area contributed by atoms with E-state index in [9.17, 15) is 4.79 Å². The summed E-state index contributed by atoms with van der Waals surface area (Å²) in [5, 5.41) is 0. The first-order chi connectivity index (χ1) is 8.72. The first-order valence-corrected chi connectivity index (χ1v) is 7.57. The molecule has 1 aliphatic rings. The summed E-state index contributed by atoms with van der Waals surface area (Å²) in [5.41, 5.74) is 0.734. The topological polar surface area (TPSA) is 55.0 Å². The molecule has 1 saturated carbocycles. The lowest BCUT2D eigenvalue weighted by Gasteiger charge is -2.14. The summed E-state index contributed by atoms with van der Waals surface area (Å²) in [6.07, 6.45) is 7.35. The van der Waals surface area contributed by atoms with Crippen LogP contribution < -0.4 is 5.56 Å². The number of rotatable bonds is 3. The third-order valence-electron chi connectivity index (χ3n) is 3.47. The third-order valence-corrected chi connectivity index (χ3v) is 4.59. The van der Waals surface area contributed by atoms with E-state index in [1.165, 1.54) is 25.7 Å².